The molecule has 0 radical (unpaired) electrons. The fraction of sp³-hybridized carbons (Fsp3) is 0.462. The van der Waals surface area contributed by atoms with Crippen LogP contribution in [0.3, 0.4) is 0 Å². The molecule has 11 heteroatoms. The summed E-state index contributed by atoms with van der Waals surface area (Å²) in [6.45, 7) is 11.7. The highest BCUT2D eigenvalue weighted by Crippen LogP contribution is 2.41. The number of hydrogen-bond acceptors (Lipinski definition) is 7. The van der Waals surface area contributed by atoms with Crippen LogP contribution in [0.15, 0.2) is 24.7 Å². The third-order valence-corrected chi connectivity index (χ3v) is 7.52. The van der Waals surface area contributed by atoms with Crippen molar-refractivity contribution >= 4 is 39.2 Å². The quantitative estimate of drug-likeness (QED) is 0.413. The summed E-state index contributed by atoms with van der Waals surface area (Å²) < 4.78 is 13.8. The van der Waals surface area contributed by atoms with Gasteiger partial charge in [-0.2, -0.15) is 5.10 Å². The first-order valence-electron chi connectivity index (χ1n) is 12.4. The van der Waals surface area contributed by atoms with E-state index in [0.717, 1.165) is 27.0 Å². The Kier molecular flexibility index (Phi) is 6.35. The van der Waals surface area contributed by atoms with Crippen molar-refractivity contribution < 1.29 is 19.1 Å². The smallest absolute Gasteiger partial charge is 0.410 e. The first-order valence-corrected chi connectivity index (χ1v) is 13.2. The maximum atomic E-state index is 13.4. The van der Waals surface area contributed by atoms with Crippen molar-refractivity contribution in [2.45, 2.75) is 46.1 Å². The van der Waals surface area contributed by atoms with E-state index in [1.165, 1.54) is 17.7 Å². The molecule has 1 aliphatic rings. The Balaban J connectivity index is 1.39. The summed E-state index contributed by atoms with van der Waals surface area (Å²) in [5.74, 6) is 0.851. The molecular weight excluding hydrogens is 492 g/mol. The number of rotatable bonds is 4. The summed E-state index contributed by atoms with van der Waals surface area (Å²) in [6, 6.07) is 3.89. The molecule has 0 saturated carbocycles. The van der Waals surface area contributed by atoms with Crippen LogP contribution in [-0.2, 0) is 4.74 Å². The Bertz CT molecular complexity index is 1470. The minimum absolute atomic E-state index is 0.0135. The van der Waals surface area contributed by atoms with Gasteiger partial charge in [-0.25, -0.2) is 14.3 Å². The number of carbonyl (C=O) groups excluding carboxylic acids is 2. The highest BCUT2D eigenvalue weighted by molar-refractivity contribution is 7.21. The van der Waals surface area contributed by atoms with Crippen LogP contribution in [0.4, 0.5) is 4.79 Å². The second-order valence-electron chi connectivity index (χ2n) is 10.5. The minimum atomic E-state index is -0.540. The van der Waals surface area contributed by atoms with E-state index in [1.54, 1.807) is 16.5 Å². The Labute approximate surface area is 219 Å². The largest absolute Gasteiger partial charge is 0.493 e. The maximum absolute atomic E-state index is 13.4. The maximum Gasteiger partial charge on any atom is 0.410 e. The average molecular weight is 525 g/mol. The molecule has 1 aliphatic heterocycles. The van der Waals surface area contributed by atoms with Crippen LogP contribution in [0.1, 0.15) is 55.8 Å². The number of aromatic nitrogens is 4. The molecule has 1 saturated heterocycles. The summed E-state index contributed by atoms with van der Waals surface area (Å²) in [5.41, 5.74) is 4.11. The fourth-order valence-corrected chi connectivity index (χ4v) is 5.92. The highest BCUT2D eigenvalue weighted by Gasteiger charge is 2.29. The topological polar surface area (TPSA) is 105 Å². The van der Waals surface area contributed by atoms with E-state index in [2.05, 4.69) is 28.9 Å². The van der Waals surface area contributed by atoms with Crippen molar-refractivity contribution in [2.75, 3.05) is 33.3 Å². The van der Waals surface area contributed by atoms with Crippen LogP contribution in [0.5, 0.6) is 5.75 Å². The number of piperazine rings is 1. The molecule has 0 aliphatic carbocycles. The number of nitrogens with one attached hydrogen (secondary N) is 1. The average Bonchev–Trinajstić information content (AvgIpc) is 3.55. The predicted octanol–water partition coefficient (Wildman–Crippen LogP) is 4.76. The minimum Gasteiger partial charge on any atom is -0.493 e. The predicted molar refractivity (Wildman–Crippen MR) is 143 cm³/mol. The zero-order chi connectivity index (χ0) is 26.5. The van der Waals surface area contributed by atoms with Crippen LogP contribution >= 0.6 is 11.3 Å². The van der Waals surface area contributed by atoms with E-state index < -0.39 is 5.60 Å². The number of methoxy groups -OCH3 is 1. The standard InChI is InChI=1S/C26H32N6O4S/c1-15(2)20-21(16-11-18(35-6)23-27-14-28-32(23)13-16)29-17-12-19(37-22(17)20)24(33)30-7-9-31(10-8-30)25(34)36-26(3,4)5/h11-15,29H,7-10H2,1-6H3. The number of hydrogen-bond donors (Lipinski definition) is 1. The number of pyridine rings is 1. The van der Waals surface area contributed by atoms with Crippen LogP contribution < -0.4 is 4.74 Å². The van der Waals surface area contributed by atoms with Crippen LogP contribution in [-0.4, -0.2) is 80.3 Å². The van der Waals surface area contributed by atoms with Gasteiger partial charge in [0.2, 0.25) is 0 Å². The number of carbonyl (C=O) groups is 2. The van der Waals surface area contributed by atoms with Gasteiger partial charge < -0.3 is 24.3 Å². The summed E-state index contributed by atoms with van der Waals surface area (Å²) in [6.07, 6.45) is 3.10. The first-order chi connectivity index (χ1) is 17.6. The molecule has 0 unspecified atom stereocenters. The van der Waals surface area contributed by atoms with Gasteiger partial charge in [0.25, 0.3) is 5.91 Å². The van der Waals surface area contributed by atoms with Gasteiger partial charge in [0.15, 0.2) is 11.4 Å². The van der Waals surface area contributed by atoms with Gasteiger partial charge in [-0.15, -0.1) is 11.3 Å². The van der Waals surface area contributed by atoms with Crippen molar-refractivity contribution in [3.05, 3.63) is 35.1 Å². The molecule has 5 heterocycles. The zero-order valence-electron chi connectivity index (χ0n) is 22.0. The highest BCUT2D eigenvalue weighted by atomic mass is 32.1. The lowest BCUT2D eigenvalue weighted by molar-refractivity contribution is 0.0141. The van der Waals surface area contributed by atoms with Gasteiger partial charge in [-0.1, -0.05) is 13.8 Å². The lowest BCUT2D eigenvalue weighted by atomic mass is 10.00. The molecule has 0 bridgehead atoms. The lowest BCUT2D eigenvalue weighted by Crippen LogP contribution is -2.51. The number of amides is 2. The van der Waals surface area contributed by atoms with Gasteiger partial charge in [-0.05, 0) is 44.4 Å². The SMILES string of the molecule is COc1cc(-c2[nH]c3cc(C(=O)N4CCN(C(=O)OC(C)(C)C)CC4)sc3c2C(C)C)cn2ncnc12. The number of H-pyrrole nitrogens is 1. The van der Waals surface area contributed by atoms with E-state index in [9.17, 15) is 9.59 Å². The van der Waals surface area contributed by atoms with Crippen LogP contribution in [0.2, 0.25) is 0 Å². The van der Waals surface area contributed by atoms with E-state index in [4.69, 9.17) is 9.47 Å². The molecule has 1 N–H and O–H groups in total. The Morgan fingerprint density at radius 3 is 2.46 bits per heavy atom. The van der Waals surface area contributed by atoms with Crippen molar-refractivity contribution in [3.8, 4) is 17.0 Å². The van der Waals surface area contributed by atoms with Crippen LogP contribution in [0, 0.1) is 0 Å². The molecule has 37 heavy (non-hydrogen) atoms. The van der Waals surface area contributed by atoms with E-state index in [1.807, 2.05) is 44.0 Å². The fourth-order valence-electron chi connectivity index (χ4n) is 4.64. The summed E-state index contributed by atoms with van der Waals surface area (Å²) in [5, 5.41) is 4.28. The van der Waals surface area contributed by atoms with Crippen molar-refractivity contribution in [3.63, 3.8) is 0 Å². The van der Waals surface area contributed by atoms with Gasteiger partial charge in [0.1, 0.15) is 11.9 Å². The molecule has 10 nitrogen and oxygen atoms in total. The summed E-state index contributed by atoms with van der Waals surface area (Å²) in [4.78, 5) is 37.7. The van der Waals surface area contributed by atoms with Gasteiger partial charge in [-0.3, -0.25) is 4.79 Å². The number of thiophene rings is 1. The third kappa shape index (κ3) is 4.75. The van der Waals surface area contributed by atoms with Gasteiger partial charge in [0, 0.05) is 37.9 Å². The number of ether oxygens (including phenoxy) is 2. The monoisotopic (exact) mass is 524 g/mol. The molecule has 196 valence electrons. The number of nitrogens with zero attached hydrogens (tertiary/aromatic N) is 5. The van der Waals surface area contributed by atoms with Crippen molar-refractivity contribution in [2.24, 2.45) is 0 Å². The molecular formula is C26H32N6O4S. The molecule has 0 atom stereocenters. The van der Waals surface area contributed by atoms with Gasteiger partial charge in [0.05, 0.1) is 27.9 Å². The van der Waals surface area contributed by atoms with E-state index in [-0.39, 0.29) is 17.9 Å². The van der Waals surface area contributed by atoms with Crippen molar-refractivity contribution in [1.29, 1.82) is 0 Å². The number of aromatic amines is 1. The summed E-state index contributed by atoms with van der Waals surface area (Å²) >= 11 is 1.51. The molecule has 0 spiro atoms. The molecule has 0 aromatic carbocycles. The van der Waals surface area contributed by atoms with E-state index >= 15 is 0 Å². The third-order valence-electron chi connectivity index (χ3n) is 6.36. The van der Waals surface area contributed by atoms with E-state index in [0.29, 0.717) is 42.5 Å². The van der Waals surface area contributed by atoms with Crippen LogP contribution in [0.25, 0.3) is 27.1 Å². The van der Waals surface area contributed by atoms with Gasteiger partial charge >= 0.3 is 6.09 Å². The summed E-state index contributed by atoms with van der Waals surface area (Å²) in [7, 11) is 1.62. The normalized spacial score (nSPS) is 14.7. The van der Waals surface area contributed by atoms with Crippen molar-refractivity contribution in [1.82, 2.24) is 29.4 Å². The zero-order valence-corrected chi connectivity index (χ0v) is 22.8. The lowest BCUT2D eigenvalue weighted by Gasteiger charge is -2.35. The second-order valence-corrected chi connectivity index (χ2v) is 11.6. The molecule has 4 aromatic rings. The Morgan fingerprint density at radius 1 is 1.11 bits per heavy atom. The molecule has 1 fully saturated rings. The second kappa shape index (κ2) is 9.37. The Hall–Kier alpha value is -3.60. The molecule has 2 amide bonds. The first kappa shape index (κ1) is 25.1. The number of fused-ring (bicyclic) bond motifs is 2. The molecule has 4 aromatic heterocycles. The Morgan fingerprint density at radius 2 is 1.81 bits per heavy atom. The molecule has 5 rings (SSSR count).